The molecule has 3 rings (SSSR count). The molecular weight excluding hydrogens is 370 g/mol. The quantitative estimate of drug-likeness (QED) is 0.605. The Hall–Kier alpha value is -3.06. The molecule has 0 radical (unpaired) electrons. The summed E-state index contributed by atoms with van der Waals surface area (Å²) in [5.41, 5.74) is 1.86. The first-order valence-electron chi connectivity index (χ1n) is 9.91. The smallest absolute Gasteiger partial charge is 0.251 e. The Balaban J connectivity index is 1.51. The Morgan fingerprint density at radius 1 is 1.17 bits per heavy atom. The molecule has 2 aromatic carbocycles. The van der Waals surface area contributed by atoms with Crippen LogP contribution in [0.4, 0.5) is 11.4 Å². The molecule has 1 aliphatic rings. The van der Waals surface area contributed by atoms with Crippen LogP contribution < -0.4 is 20.7 Å². The van der Waals surface area contributed by atoms with Crippen molar-refractivity contribution in [2.75, 3.05) is 36.9 Å². The van der Waals surface area contributed by atoms with E-state index in [1.54, 1.807) is 24.3 Å². The van der Waals surface area contributed by atoms with Crippen molar-refractivity contribution in [2.24, 2.45) is 0 Å². The predicted octanol–water partition coefficient (Wildman–Crippen LogP) is 3.04. The highest BCUT2D eigenvalue weighted by Crippen LogP contribution is 2.23. The Labute approximate surface area is 170 Å². The molecule has 1 atom stereocenters. The third-order valence-corrected chi connectivity index (χ3v) is 4.55. The maximum Gasteiger partial charge on any atom is 0.251 e. The van der Waals surface area contributed by atoms with Gasteiger partial charge in [0, 0.05) is 24.4 Å². The summed E-state index contributed by atoms with van der Waals surface area (Å²) < 4.78 is 11.0. The molecule has 0 aliphatic carbocycles. The van der Waals surface area contributed by atoms with Gasteiger partial charge in [0.15, 0.2) is 0 Å². The maximum absolute atomic E-state index is 12.3. The molecule has 7 nitrogen and oxygen atoms in total. The summed E-state index contributed by atoms with van der Waals surface area (Å²) in [7, 11) is 0. The van der Waals surface area contributed by atoms with Crippen LogP contribution in [0.5, 0.6) is 5.75 Å². The summed E-state index contributed by atoms with van der Waals surface area (Å²) >= 11 is 0. The zero-order valence-corrected chi connectivity index (χ0v) is 16.6. The van der Waals surface area contributed by atoms with E-state index in [2.05, 4.69) is 16.0 Å². The molecule has 0 saturated carbocycles. The van der Waals surface area contributed by atoms with Crippen LogP contribution in [0.1, 0.15) is 30.1 Å². The molecule has 1 aliphatic heterocycles. The minimum Gasteiger partial charge on any atom is -0.492 e. The summed E-state index contributed by atoms with van der Waals surface area (Å²) in [6.45, 7) is 3.76. The molecule has 154 valence electrons. The largest absolute Gasteiger partial charge is 0.492 e. The number of benzene rings is 2. The van der Waals surface area contributed by atoms with Crippen LogP contribution in [0.15, 0.2) is 48.5 Å². The van der Waals surface area contributed by atoms with Gasteiger partial charge in [-0.25, -0.2) is 0 Å². The molecule has 2 amide bonds. The first-order chi connectivity index (χ1) is 14.2. The van der Waals surface area contributed by atoms with Crippen LogP contribution in [0.2, 0.25) is 0 Å². The molecule has 1 heterocycles. The average molecular weight is 397 g/mol. The van der Waals surface area contributed by atoms with E-state index in [9.17, 15) is 9.59 Å². The Bertz CT molecular complexity index is 834. The number of carbonyl (C=O) groups excluding carboxylic acids is 2. The van der Waals surface area contributed by atoms with E-state index in [4.69, 9.17) is 9.47 Å². The van der Waals surface area contributed by atoms with E-state index >= 15 is 0 Å². The molecule has 0 aromatic heterocycles. The van der Waals surface area contributed by atoms with Gasteiger partial charge in [-0.2, -0.15) is 0 Å². The highest BCUT2D eigenvalue weighted by Gasteiger charge is 2.16. The minimum atomic E-state index is -0.203. The molecule has 1 fully saturated rings. The van der Waals surface area contributed by atoms with Crippen molar-refractivity contribution in [1.82, 2.24) is 5.32 Å². The third kappa shape index (κ3) is 6.22. The lowest BCUT2D eigenvalue weighted by atomic mass is 10.1. The van der Waals surface area contributed by atoms with Gasteiger partial charge in [-0.1, -0.05) is 18.2 Å². The second kappa shape index (κ2) is 10.5. The zero-order valence-electron chi connectivity index (χ0n) is 16.6. The molecule has 29 heavy (non-hydrogen) atoms. The number of ether oxygens (including phenoxy) is 2. The number of nitrogens with one attached hydrogen (secondary N) is 3. The van der Waals surface area contributed by atoms with Crippen molar-refractivity contribution in [1.29, 1.82) is 0 Å². The number of amides is 2. The molecule has 2 aromatic rings. The summed E-state index contributed by atoms with van der Waals surface area (Å²) in [6, 6.07) is 14.4. The van der Waals surface area contributed by atoms with Gasteiger partial charge in [-0.05, 0) is 50.1 Å². The zero-order chi connectivity index (χ0) is 20.5. The minimum absolute atomic E-state index is 0.0709. The maximum atomic E-state index is 12.3. The van der Waals surface area contributed by atoms with Gasteiger partial charge in [0.25, 0.3) is 5.91 Å². The number of rotatable bonds is 9. The van der Waals surface area contributed by atoms with Crippen molar-refractivity contribution in [3.8, 4) is 5.75 Å². The number of hydrogen-bond acceptors (Lipinski definition) is 5. The second-order valence-corrected chi connectivity index (χ2v) is 6.76. The van der Waals surface area contributed by atoms with E-state index in [-0.39, 0.29) is 24.5 Å². The second-order valence-electron chi connectivity index (χ2n) is 6.76. The van der Waals surface area contributed by atoms with Crippen LogP contribution in [-0.4, -0.2) is 44.2 Å². The monoisotopic (exact) mass is 397 g/mol. The molecule has 7 heteroatoms. The fourth-order valence-electron chi connectivity index (χ4n) is 3.11. The number of carbonyl (C=O) groups is 2. The van der Waals surface area contributed by atoms with Crippen LogP contribution in [0, 0.1) is 0 Å². The van der Waals surface area contributed by atoms with Gasteiger partial charge in [0.2, 0.25) is 5.91 Å². The van der Waals surface area contributed by atoms with Gasteiger partial charge in [-0.3, -0.25) is 9.59 Å². The molecule has 1 unspecified atom stereocenters. The Kier molecular flexibility index (Phi) is 7.47. The van der Waals surface area contributed by atoms with Crippen LogP contribution >= 0.6 is 0 Å². The molecule has 0 bridgehead atoms. The summed E-state index contributed by atoms with van der Waals surface area (Å²) in [4.78, 5) is 24.6. The lowest BCUT2D eigenvalue weighted by Crippen LogP contribution is -2.31. The van der Waals surface area contributed by atoms with Gasteiger partial charge < -0.3 is 25.4 Å². The van der Waals surface area contributed by atoms with E-state index < -0.39 is 0 Å². The summed E-state index contributed by atoms with van der Waals surface area (Å²) in [5, 5.41) is 8.78. The van der Waals surface area contributed by atoms with Gasteiger partial charge in [0.1, 0.15) is 5.75 Å². The molecule has 0 spiro atoms. The fraction of sp³-hybridized carbons (Fsp3) is 0.364. The van der Waals surface area contributed by atoms with Gasteiger partial charge >= 0.3 is 0 Å². The van der Waals surface area contributed by atoms with Crippen molar-refractivity contribution in [3.05, 3.63) is 54.1 Å². The van der Waals surface area contributed by atoms with E-state index in [0.29, 0.717) is 35.8 Å². The van der Waals surface area contributed by atoms with Crippen LogP contribution in [0.3, 0.4) is 0 Å². The van der Waals surface area contributed by atoms with E-state index in [0.717, 1.165) is 19.4 Å². The van der Waals surface area contributed by atoms with Crippen molar-refractivity contribution in [3.63, 3.8) is 0 Å². The number of hydrogen-bond donors (Lipinski definition) is 3. The topological polar surface area (TPSA) is 88.7 Å². The summed E-state index contributed by atoms with van der Waals surface area (Å²) in [6.07, 6.45) is 2.11. The van der Waals surface area contributed by atoms with Gasteiger partial charge in [-0.15, -0.1) is 0 Å². The van der Waals surface area contributed by atoms with Crippen LogP contribution in [-0.2, 0) is 9.53 Å². The molecule has 3 N–H and O–H groups in total. The Morgan fingerprint density at radius 2 is 2.03 bits per heavy atom. The molecular formula is C22H27N3O4. The number of anilines is 2. The highest BCUT2D eigenvalue weighted by atomic mass is 16.5. The fourth-order valence-corrected chi connectivity index (χ4v) is 3.11. The summed E-state index contributed by atoms with van der Waals surface area (Å²) in [5.74, 6) is 0.276. The van der Waals surface area contributed by atoms with Crippen molar-refractivity contribution in [2.45, 2.75) is 25.9 Å². The lowest BCUT2D eigenvalue weighted by Gasteiger charge is -2.13. The molecule has 1 saturated heterocycles. The third-order valence-electron chi connectivity index (χ3n) is 4.55. The first kappa shape index (κ1) is 20.7. The lowest BCUT2D eigenvalue weighted by molar-refractivity contribution is -0.114. The van der Waals surface area contributed by atoms with Crippen LogP contribution in [0.25, 0.3) is 0 Å². The Morgan fingerprint density at radius 3 is 2.83 bits per heavy atom. The van der Waals surface area contributed by atoms with Gasteiger partial charge in [0.05, 0.1) is 24.9 Å². The normalized spacial score (nSPS) is 15.6. The SMILES string of the molecule is CCOc1ccccc1NC(=O)CNc1cccc(C(=O)NCC2CCCO2)c1. The van der Waals surface area contributed by atoms with E-state index in [1.165, 1.54) is 0 Å². The predicted molar refractivity (Wildman–Crippen MR) is 112 cm³/mol. The highest BCUT2D eigenvalue weighted by molar-refractivity contribution is 5.96. The number of para-hydroxylation sites is 2. The van der Waals surface area contributed by atoms with Crippen molar-refractivity contribution < 1.29 is 19.1 Å². The van der Waals surface area contributed by atoms with Crippen molar-refractivity contribution >= 4 is 23.2 Å². The average Bonchev–Trinajstić information content (AvgIpc) is 3.26. The first-order valence-corrected chi connectivity index (χ1v) is 9.91. The standard InChI is InChI=1S/C22H27N3O4/c1-2-28-20-11-4-3-10-19(20)25-21(26)15-23-17-8-5-7-16(13-17)22(27)24-14-18-9-6-12-29-18/h3-5,7-8,10-11,13,18,23H,2,6,9,12,14-15H2,1H3,(H,24,27)(H,25,26). The van der Waals surface area contributed by atoms with E-state index in [1.807, 2.05) is 31.2 Å².